The fraction of sp³-hybridized carbons (Fsp3) is 0.357. The van der Waals surface area contributed by atoms with Crippen molar-refractivity contribution in [2.45, 2.75) is 26.1 Å². The van der Waals surface area contributed by atoms with Crippen LogP contribution in [0.15, 0.2) is 24.3 Å². The number of aryl methyl sites for hydroxylation is 2. The van der Waals surface area contributed by atoms with Crippen molar-refractivity contribution in [1.82, 2.24) is 9.78 Å². The molecule has 0 aliphatic carbocycles. The number of aromatic nitrogens is 2. The number of nitrogens with one attached hydrogen (secondary N) is 1. The Morgan fingerprint density at radius 2 is 2.00 bits per heavy atom. The molecule has 0 saturated heterocycles. The van der Waals surface area contributed by atoms with E-state index in [0.717, 1.165) is 23.9 Å². The molecule has 1 aromatic carbocycles. The van der Waals surface area contributed by atoms with Gasteiger partial charge in [0.05, 0.1) is 28.5 Å². The number of hydrogen-bond acceptors (Lipinski definition) is 2. The molecule has 7 heteroatoms. The zero-order chi connectivity index (χ0) is 15.6. The van der Waals surface area contributed by atoms with E-state index in [1.165, 1.54) is 12.1 Å². The Bertz CT molecular complexity index is 635. The lowest BCUT2D eigenvalue weighted by Crippen LogP contribution is -2.09. The van der Waals surface area contributed by atoms with Gasteiger partial charge in [0.25, 0.3) is 0 Å². The van der Waals surface area contributed by atoms with Crippen molar-refractivity contribution >= 4 is 17.3 Å². The topological polar surface area (TPSA) is 29.9 Å². The Hall–Kier alpha value is -1.69. The molecule has 0 spiro atoms. The van der Waals surface area contributed by atoms with Gasteiger partial charge in [-0.3, -0.25) is 4.68 Å². The SMILES string of the molecule is CCc1cc(CNc2ccc(Cl)c(C(F)(F)F)c2)n(C)n1. The average Bonchev–Trinajstić information content (AvgIpc) is 2.77. The summed E-state index contributed by atoms with van der Waals surface area (Å²) in [5.74, 6) is 0. The van der Waals surface area contributed by atoms with E-state index in [-0.39, 0.29) is 5.02 Å². The summed E-state index contributed by atoms with van der Waals surface area (Å²) in [6.45, 7) is 2.39. The zero-order valence-electron chi connectivity index (χ0n) is 11.6. The highest BCUT2D eigenvalue weighted by Crippen LogP contribution is 2.36. The van der Waals surface area contributed by atoms with Crippen molar-refractivity contribution in [1.29, 1.82) is 0 Å². The first-order chi connectivity index (χ1) is 9.81. The third-order valence-corrected chi connectivity index (χ3v) is 3.46. The molecule has 2 rings (SSSR count). The molecule has 0 unspecified atom stereocenters. The van der Waals surface area contributed by atoms with Crippen LogP contribution in [0.5, 0.6) is 0 Å². The Morgan fingerprint density at radius 3 is 2.57 bits per heavy atom. The van der Waals surface area contributed by atoms with Gasteiger partial charge in [0.15, 0.2) is 0 Å². The van der Waals surface area contributed by atoms with Crippen molar-refractivity contribution in [3.8, 4) is 0 Å². The van der Waals surface area contributed by atoms with Crippen LogP contribution >= 0.6 is 11.6 Å². The highest BCUT2D eigenvalue weighted by molar-refractivity contribution is 6.31. The molecule has 0 bridgehead atoms. The minimum Gasteiger partial charge on any atom is -0.379 e. The summed E-state index contributed by atoms with van der Waals surface area (Å²) in [5.41, 5.74) is 1.37. The average molecular weight is 318 g/mol. The van der Waals surface area contributed by atoms with Crippen molar-refractivity contribution in [3.63, 3.8) is 0 Å². The van der Waals surface area contributed by atoms with E-state index in [1.807, 2.05) is 13.0 Å². The van der Waals surface area contributed by atoms with Gasteiger partial charge in [0.2, 0.25) is 0 Å². The van der Waals surface area contributed by atoms with Gasteiger partial charge >= 0.3 is 6.18 Å². The van der Waals surface area contributed by atoms with E-state index in [1.54, 1.807) is 11.7 Å². The fourth-order valence-electron chi connectivity index (χ4n) is 1.95. The normalized spacial score (nSPS) is 11.7. The quantitative estimate of drug-likeness (QED) is 0.912. The number of anilines is 1. The fourth-order valence-corrected chi connectivity index (χ4v) is 2.18. The number of hydrogen-bond donors (Lipinski definition) is 1. The first-order valence-corrected chi connectivity index (χ1v) is 6.81. The molecule has 0 fully saturated rings. The first kappa shape index (κ1) is 15.7. The van der Waals surface area contributed by atoms with Crippen LogP contribution in [-0.2, 0) is 26.2 Å². The van der Waals surface area contributed by atoms with Gasteiger partial charge in [-0.2, -0.15) is 18.3 Å². The number of alkyl halides is 3. The molecule has 2 aromatic rings. The van der Waals surface area contributed by atoms with Crippen LogP contribution in [0.2, 0.25) is 5.02 Å². The molecule has 0 amide bonds. The van der Waals surface area contributed by atoms with Gasteiger partial charge in [0, 0.05) is 12.7 Å². The summed E-state index contributed by atoms with van der Waals surface area (Å²) in [5, 5.41) is 6.94. The Balaban J connectivity index is 2.15. The number of halogens is 4. The predicted molar refractivity (Wildman–Crippen MR) is 76.4 cm³/mol. The lowest BCUT2D eigenvalue weighted by molar-refractivity contribution is -0.137. The summed E-state index contributed by atoms with van der Waals surface area (Å²) >= 11 is 5.58. The molecule has 21 heavy (non-hydrogen) atoms. The third kappa shape index (κ3) is 3.69. The minimum atomic E-state index is -4.46. The molecular weight excluding hydrogens is 303 g/mol. The smallest absolute Gasteiger partial charge is 0.379 e. The van der Waals surface area contributed by atoms with Crippen LogP contribution in [0.4, 0.5) is 18.9 Å². The Morgan fingerprint density at radius 1 is 1.29 bits per heavy atom. The zero-order valence-corrected chi connectivity index (χ0v) is 12.4. The molecule has 0 saturated carbocycles. The molecule has 1 N–H and O–H groups in total. The standard InChI is InChI=1S/C14H15ClF3N3/c1-3-9-6-11(21(2)20-9)8-19-10-4-5-13(15)12(7-10)14(16,17)18/h4-7,19H,3,8H2,1-2H3. The van der Waals surface area contributed by atoms with E-state index in [9.17, 15) is 13.2 Å². The molecule has 0 radical (unpaired) electrons. The second-order valence-corrected chi connectivity index (χ2v) is 5.06. The van der Waals surface area contributed by atoms with Gasteiger partial charge in [-0.25, -0.2) is 0 Å². The molecule has 1 heterocycles. The predicted octanol–water partition coefficient (Wildman–Crippen LogP) is 4.27. The van der Waals surface area contributed by atoms with Gasteiger partial charge in [-0.1, -0.05) is 18.5 Å². The summed E-state index contributed by atoms with van der Waals surface area (Å²) in [7, 11) is 1.80. The van der Waals surface area contributed by atoms with Crippen LogP contribution in [0.1, 0.15) is 23.9 Å². The summed E-state index contributed by atoms with van der Waals surface area (Å²) in [6.07, 6.45) is -3.65. The number of benzene rings is 1. The van der Waals surface area contributed by atoms with Crippen molar-refractivity contribution < 1.29 is 13.2 Å². The number of nitrogens with zero attached hydrogens (tertiary/aromatic N) is 2. The van der Waals surface area contributed by atoms with Crippen molar-refractivity contribution in [3.05, 3.63) is 46.2 Å². The summed E-state index contributed by atoms with van der Waals surface area (Å²) in [4.78, 5) is 0. The second kappa shape index (κ2) is 5.97. The first-order valence-electron chi connectivity index (χ1n) is 6.43. The van der Waals surface area contributed by atoms with Crippen LogP contribution in [0.25, 0.3) is 0 Å². The summed E-state index contributed by atoms with van der Waals surface area (Å²) < 4.78 is 40.1. The van der Waals surface area contributed by atoms with Crippen LogP contribution in [0, 0.1) is 0 Å². The highest BCUT2D eigenvalue weighted by Gasteiger charge is 2.33. The molecule has 114 valence electrons. The van der Waals surface area contributed by atoms with E-state index < -0.39 is 11.7 Å². The van der Waals surface area contributed by atoms with Gasteiger partial charge in [-0.15, -0.1) is 0 Å². The molecule has 0 aliphatic heterocycles. The van der Waals surface area contributed by atoms with Crippen LogP contribution in [-0.4, -0.2) is 9.78 Å². The van der Waals surface area contributed by atoms with Gasteiger partial charge < -0.3 is 5.32 Å². The minimum absolute atomic E-state index is 0.304. The largest absolute Gasteiger partial charge is 0.417 e. The molecule has 0 aliphatic rings. The maximum absolute atomic E-state index is 12.8. The van der Waals surface area contributed by atoms with Crippen molar-refractivity contribution in [2.75, 3.05) is 5.32 Å². The van der Waals surface area contributed by atoms with Crippen LogP contribution in [0.3, 0.4) is 0 Å². The van der Waals surface area contributed by atoms with E-state index in [4.69, 9.17) is 11.6 Å². The molecule has 1 aromatic heterocycles. The highest BCUT2D eigenvalue weighted by atomic mass is 35.5. The van der Waals surface area contributed by atoms with E-state index >= 15 is 0 Å². The van der Waals surface area contributed by atoms with Gasteiger partial charge in [-0.05, 0) is 30.7 Å². The Kier molecular flexibility index (Phi) is 4.46. The number of rotatable bonds is 4. The lowest BCUT2D eigenvalue weighted by atomic mass is 10.2. The summed E-state index contributed by atoms with van der Waals surface area (Å²) in [6, 6.07) is 5.70. The van der Waals surface area contributed by atoms with E-state index in [0.29, 0.717) is 12.2 Å². The third-order valence-electron chi connectivity index (χ3n) is 3.13. The lowest BCUT2D eigenvalue weighted by Gasteiger charge is -2.12. The van der Waals surface area contributed by atoms with Crippen molar-refractivity contribution in [2.24, 2.45) is 7.05 Å². The van der Waals surface area contributed by atoms with E-state index in [2.05, 4.69) is 10.4 Å². The molecule has 3 nitrogen and oxygen atoms in total. The molecule has 0 atom stereocenters. The second-order valence-electron chi connectivity index (χ2n) is 4.65. The maximum atomic E-state index is 12.8. The maximum Gasteiger partial charge on any atom is 0.417 e. The van der Waals surface area contributed by atoms with Crippen LogP contribution < -0.4 is 5.32 Å². The Labute approximate surface area is 125 Å². The molecular formula is C14H15ClF3N3. The van der Waals surface area contributed by atoms with Gasteiger partial charge in [0.1, 0.15) is 0 Å². The monoisotopic (exact) mass is 317 g/mol.